The molecule has 0 bridgehead atoms. The van der Waals surface area contributed by atoms with Crippen LogP contribution in [0.4, 0.5) is 4.39 Å². The van der Waals surface area contributed by atoms with Gasteiger partial charge in [0.1, 0.15) is 23.3 Å². The van der Waals surface area contributed by atoms with Crippen molar-refractivity contribution in [2.45, 2.75) is 20.0 Å². The van der Waals surface area contributed by atoms with Crippen LogP contribution in [0.3, 0.4) is 0 Å². The lowest BCUT2D eigenvalue weighted by molar-refractivity contribution is 0.149. The zero-order chi connectivity index (χ0) is 13.1. The van der Waals surface area contributed by atoms with Gasteiger partial charge in [-0.2, -0.15) is 0 Å². The molecule has 1 aromatic carbocycles. The van der Waals surface area contributed by atoms with Gasteiger partial charge in [-0.05, 0) is 36.7 Å². The number of furan rings is 1. The van der Waals surface area contributed by atoms with Gasteiger partial charge in [0.25, 0.3) is 0 Å². The Bertz CT molecular complexity index is 521. The van der Waals surface area contributed by atoms with E-state index in [1.807, 2.05) is 0 Å². The van der Waals surface area contributed by atoms with Crippen molar-refractivity contribution in [2.24, 2.45) is 5.92 Å². The van der Waals surface area contributed by atoms with Crippen molar-refractivity contribution in [1.29, 1.82) is 0 Å². The van der Waals surface area contributed by atoms with E-state index < -0.39 is 6.10 Å². The first-order valence-electron chi connectivity index (χ1n) is 6.14. The van der Waals surface area contributed by atoms with Crippen LogP contribution in [0, 0.1) is 11.7 Å². The Morgan fingerprint density at radius 1 is 1.28 bits per heavy atom. The summed E-state index contributed by atoms with van der Waals surface area (Å²) >= 11 is 0. The maximum atomic E-state index is 13.0. The van der Waals surface area contributed by atoms with Gasteiger partial charge in [-0.1, -0.05) is 13.8 Å². The van der Waals surface area contributed by atoms with E-state index in [0.29, 0.717) is 29.2 Å². The second kappa shape index (κ2) is 5.50. The van der Waals surface area contributed by atoms with Crippen molar-refractivity contribution in [3.8, 4) is 0 Å². The zero-order valence-electron chi connectivity index (χ0n) is 10.6. The largest absolute Gasteiger partial charge is 0.458 e. The van der Waals surface area contributed by atoms with E-state index in [9.17, 15) is 9.50 Å². The molecule has 0 aliphatic heterocycles. The number of halogens is 1. The smallest absolute Gasteiger partial charge is 0.135 e. The number of aliphatic hydroxyl groups is 1. The van der Waals surface area contributed by atoms with Crippen LogP contribution in [-0.2, 0) is 0 Å². The predicted molar refractivity (Wildman–Crippen MR) is 68.8 cm³/mol. The number of aliphatic hydroxyl groups excluding tert-OH is 1. The van der Waals surface area contributed by atoms with Crippen LogP contribution in [0.2, 0.25) is 0 Å². The summed E-state index contributed by atoms with van der Waals surface area (Å²) in [5.74, 6) is 0.691. The Balaban J connectivity index is 2.06. The molecule has 3 nitrogen and oxygen atoms in total. The number of hydrogen-bond acceptors (Lipinski definition) is 3. The van der Waals surface area contributed by atoms with Gasteiger partial charge >= 0.3 is 0 Å². The van der Waals surface area contributed by atoms with Gasteiger partial charge in [0, 0.05) is 11.9 Å². The molecule has 98 valence electrons. The third-order valence-corrected chi connectivity index (χ3v) is 2.72. The van der Waals surface area contributed by atoms with E-state index in [1.165, 1.54) is 12.1 Å². The number of benzene rings is 1. The first-order chi connectivity index (χ1) is 8.56. The Kier molecular flexibility index (Phi) is 3.99. The van der Waals surface area contributed by atoms with Crippen LogP contribution in [0.25, 0.3) is 11.0 Å². The highest BCUT2D eigenvalue weighted by Crippen LogP contribution is 2.24. The lowest BCUT2D eigenvalue weighted by Crippen LogP contribution is -2.25. The Labute approximate surface area is 106 Å². The molecule has 0 saturated heterocycles. The molecule has 0 aliphatic rings. The molecule has 1 atom stereocenters. The lowest BCUT2D eigenvalue weighted by atomic mass is 10.2. The summed E-state index contributed by atoms with van der Waals surface area (Å²) in [4.78, 5) is 0. The molecule has 0 radical (unpaired) electrons. The zero-order valence-corrected chi connectivity index (χ0v) is 10.6. The number of fused-ring (bicyclic) bond motifs is 1. The topological polar surface area (TPSA) is 45.4 Å². The molecule has 2 N–H and O–H groups in total. The number of nitrogens with one attached hydrogen (secondary N) is 1. The molecule has 2 aromatic rings. The van der Waals surface area contributed by atoms with Gasteiger partial charge in [-0.15, -0.1) is 0 Å². The Hall–Kier alpha value is -1.39. The third kappa shape index (κ3) is 3.09. The average molecular weight is 251 g/mol. The number of hydrogen-bond donors (Lipinski definition) is 2. The molecule has 1 unspecified atom stereocenters. The summed E-state index contributed by atoms with van der Waals surface area (Å²) in [6.45, 7) is 5.47. The van der Waals surface area contributed by atoms with Crippen molar-refractivity contribution >= 4 is 11.0 Å². The quantitative estimate of drug-likeness (QED) is 0.859. The second-order valence-corrected chi connectivity index (χ2v) is 4.90. The third-order valence-electron chi connectivity index (χ3n) is 2.72. The highest BCUT2D eigenvalue weighted by atomic mass is 19.1. The molecule has 0 saturated carbocycles. The van der Waals surface area contributed by atoms with Crippen LogP contribution >= 0.6 is 0 Å². The van der Waals surface area contributed by atoms with Crippen molar-refractivity contribution in [2.75, 3.05) is 13.1 Å². The molecular formula is C14H18FNO2. The molecule has 18 heavy (non-hydrogen) atoms. The minimum absolute atomic E-state index is 0.303. The minimum atomic E-state index is -0.709. The fourth-order valence-electron chi connectivity index (χ4n) is 1.81. The standard InChI is InChI=1S/C14H18FNO2/c1-9(2)7-16-8-12(17)14-6-10-5-11(15)3-4-13(10)18-14/h3-6,9,12,16-17H,7-8H2,1-2H3. The van der Waals surface area contributed by atoms with Crippen molar-refractivity contribution in [1.82, 2.24) is 5.32 Å². The molecular weight excluding hydrogens is 233 g/mol. The second-order valence-electron chi connectivity index (χ2n) is 4.90. The minimum Gasteiger partial charge on any atom is -0.458 e. The van der Waals surface area contributed by atoms with Gasteiger partial charge in [0.2, 0.25) is 0 Å². The molecule has 1 aromatic heterocycles. The SMILES string of the molecule is CC(C)CNCC(O)c1cc2cc(F)ccc2o1. The molecule has 4 heteroatoms. The van der Waals surface area contributed by atoms with Crippen LogP contribution < -0.4 is 5.32 Å². The summed E-state index contributed by atoms with van der Waals surface area (Å²) in [5.41, 5.74) is 0.592. The van der Waals surface area contributed by atoms with Gasteiger partial charge in [-0.3, -0.25) is 0 Å². The first-order valence-corrected chi connectivity index (χ1v) is 6.14. The van der Waals surface area contributed by atoms with Gasteiger partial charge in [0.05, 0.1) is 0 Å². The van der Waals surface area contributed by atoms with E-state index in [0.717, 1.165) is 6.54 Å². The maximum Gasteiger partial charge on any atom is 0.135 e. The van der Waals surface area contributed by atoms with E-state index in [2.05, 4.69) is 19.2 Å². The van der Waals surface area contributed by atoms with E-state index >= 15 is 0 Å². The van der Waals surface area contributed by atoms with Gasteiger partial charge < -0.3 is 14.8 Å². The van der Waals surface area contributed by atoms with Crippen LogP contribution in [0.5, 0.6) is 0 Å². The summed E-state index contributed by atoms with van der Waals surface area (Å²) in [5, 5.41) is 13.8. The molecule has 0 fully saturated rings. The van der Waals surface area contributed by atoms with Crippen LogP contribution in [0.1, 0.15) is 25.7 Å². The van der Waals surface area contributed by atoms with Crippen LogP contribution in [-0.4, -0.2) is 18.2 Å². The highest BCUT2D eigenvalue weighted by molar-refractivity contribution is 5.77. The monoisotopic (exact) mass is 251 g/mol. The summed E-state index contributed by atoms with van der Waals surface area (Å²) < 4.78 is 18.5. The predicted octanol–water partition coefficient (Wildman–Crippen LogP) is 2.85. The number of rotatable bonds is 5. The van der Waals surface area contributed by atoms with Gasteiger partial charge in [-0.25, -0.2) is 4.39 Å². The van der Waals surface area contributed by atoms with Crippen molar-refractivity contribution in [3.63, 3.8) is 0 Å². The fraction of sp³-hybridized carbons (Fsp3) is 0.429. The Morgan fingerprint density at radius 2 is 2.06 bits per heavy atom. The molecule has 0 aliphatic carbocycles. The van der Waals surface area contributed by atoms with Crippen molar-refractivity contribution < 1.29 is 13.9 Å². The lowest BCUT2D eigenvalue weighted by Gasteiger charge is -2.10. The van der Waals surface area contributed by atoms with Crippen molar-refractivity contribution in [3.05, 3.63) is 35.8 Å². The molecule has 0 amide bonds. The van der Waals surface area contributed by atoms with E-state index in [1.54, 1.807) is 12.1 Å². The van der Waals surface area contributed by atoms with E-state index in [4.69, 9.17) is 4.42 Å². The summed E-state index contributed by atoms with van der Waals surface area (Å²) in [6, 6.07) is 6.00. The van der Waals surface area contributed by atoms with Crippen LogP contribution in [0.15, 0.2) is 28.7 Å². The summed E-state index contributed by atoms with van der Waals surface area (Å²) in [7, 11) is 0. The molecule has 2 rings (SSSR count). The maximum absolute atomic E-state index is 13.0. The molecule has 1 heterocycles. The molecule has 0 spiro atoms. The van der Waals surface area contributed by atoms with E-state index in [-0.39, 0.29) is 5.82 Å². The van der Waals surface area contributed by atoms with Gasteiger partial charge in [0.15, 0.2) is 0 Å². The normalized spacial score (nSPS) is 13.4. The Morgan fingerprint density at radius 3 is 2.78 bits per heavy atom. The average Bonchev–Trinajstić information content (AvgIpc) is 2.71. The highest BCUT2D eigenvalue weighted by Gasteiger charge is 2.13. The first kappa shape index (κ1) is 13.1. The fourth-order valence-corrected chi connectivity index (χ4v) is 1.81. The summed E-state index contributed by atoms with van der Waals surface area (Å²) in [6.07, 6.45) is -0.709.